The van der Waals surface area contributed by atoms with Crippen LogP contribution in [-0.4, -0.2) is 25.5 Å². The predicted octanol–water partition coefficient (Wildman–Crippen LogP) is 3.18. The summed E-state index contributed by atoms with van der Waals surface area (Å²) in [6.45, 7) is 0. The number of benzene rings is 2. The third kappa shape index (κ3) is 3.11. The molecule has 0 spiro atoms. The summed E-state index contributed by atoms with van der Waals surface area (Å²) in [4.78, 5) is 21.5. The number of nitrogens with zero attached hydrogens (tertiary/aromatic N) is 4. The summed E-state index contributed by atoms with van der Waals surface area (Å²) < 4.78 is 14.8. The summed E-state index contributed by atoms with van der Waals surface area (Å²) in [5.41, 5.74) is 1.86. The summed E-state index contributed by atoms with van der Waals surface area (Å²) >= 11 is 6.36. The molecule has 8 nitrogen and oxygen atoms in total. The maximum Gasteiger partial charge on any atom is 0.273 e. The molecular weight excluding hydrogens is 409 g/mol. The van der Waals surface area contributed by atoms with Crippen molar-refractivity contribution in [1.29, 1.82) is 0 Å². The lowest BCUT2D eigenvalue weighted by Gasteiger charge is -2.11. The molecule has 5 rings (SSSR count). The van der Waals surface area contributed by atoms with Gasteiger partial charge in [-0.05, 0) is 36.4 Å². The fourth-order valence-corrected chi connectivity index (χ4v) is 3.27. The Morgan fingerprint density at radius 1 is 1.07 bits per heavy atom. The monoisotopic (exact) mass is 421 g/mol. The molecule has 30 heavy (non-hydrogen) atoms. The van der Waals surface area contributed by atoms with Crippen molar-refractivity contribution in [2.45, 2.75) is 0 Å². The number of anilines is 1. The van der Waals surface area contributed by atoms with Crippen molar-refractivity contribution in [2.75, 3.05) is 5.32 Å². The van der Waals surface area contributed by atoms with Crippen LogP contribution in [0, 0.1) is 5.82 Å². The number of carbonyl (C=O) groups is 1. The molecule has 1 amide bonds. The van der Waals surface area contributed by atoms with E-state index in [1.807, 2.05) is 6.07 Å². The first-order valence-electron chi connectivity index (χ1n) is 8.90. The fraction of sp³-hybridized carbons (Fsp3) is 0. The topological polar surface area (TPSA) is 96.2 Å². The Bertz CT molecular complexity index is 1360. The van der Waals surface area contributed by atoms with Crippen molar-refractivity contribution in [2.24, 2.45) is 0 Å². The Morgan fingerprint density at radius 3 is 2.73 bits per heavy atom. The van der Waals surface area contributed by atoms with Crippen molar-refractivity contribution in [1.82, 2.24) is 30.2 Å². The lowest BCUT2D eigenvalue weighted by molar-refractivity contribution is -0.116. The quantitative estimate of drug-likeness (QED) is 0.470. The molecule has 1 aliphatic rings. The predicted molar refractivity (Wildman–Crippen MR) is 111 cm³/mol. The van der Waals surface area contributed by atoms with Crippen LogP contribution < -0.4 is 16.0 Å². The van der Waals surface area contributed by atoms with Gasteiger partial charge in [0, 0.05) is 29.5 Å². The SMILES string of the molecule is O=C1NC=CNC=C1Nc1nc2c(Cl)cccc2c2nc(-c3ccc(F)cc3)nn12. The van der Waals surface area contributed by atoms with Gasteiger partial charge in [-0.25, -0.2) is 14.4 Å². The number of carbonyl (C=O) groups excluding carboxylic acids is 1. The molecule has 0 atom stereocenters. The normalized spacial score (nSPS) is 13.7. The second kappa shape index (κ2) is 7.12. The van der Waals surface area contributed by atoms with Gasteiger partial charge in [0.05, 0.1) is 10.5 Å². The van der Waals surface area contributed by atoms with E-state index in [1.54, 1.807) is 30.5 Å². The zero-order valence-electron chi connectivity index (χ0n) is 15.2. The molecule has 3 heterocycles. The molecule has 2 aromatic carbocycles. The van der Waals surface area contributed by atoms with Gasteiger partial charge in [-0.3, -0.25) is 4.79 Å². The van der Waals surface area contributed by atoms with E-state index in [1.165, 1.54) is 29.0 Å². The first-order chi connectivity index (χ1) is 14.6. The zero-order valence-corrected chi connectivity index (χ0v) is 16.0. The van der Waals surface area contributed by atoms with E-state index in [2.05, 4.69) is 31.0 Å². The smallest absolute Gasteiger partial charge is 0.273 e. The van der Waals surface area contributed by atoms with Gasteiger partial charge in [-0.2, -0.15) is 4.52 Å². The molecule has 3 N–H and O–H groups in total. The highest BCUT2D eigenvalue weighted by Crippen LogP contribution is 2.28. The fourth-order valence-electron chi connectivity index (χ4n) is 3.05. The molecule has 0 fully saturated rings. The standard InChI is InChI=1S/C20H13ClFN7O/c21-14-3-1-2-13-16(14)26-20(25-15-10-23-8-9-24-19(15)30)29-18(13)27-17(28-29)11-4-6-12(22)7-5-11/h1-10,23H,(H,24,30)(H,25,26). The van der Waals surface area contributed by atoms with E-state index in [0.29, 0.717) is 33.0 Å². The largest absolute Gasteiger partial charge is 0.364 e. The van der Waals surface area contributed by atoms with Crippen LogP contribution in [0.15, 0.2) is 66.8 Å². The van der Waals surface area contributed by atoms with Crippen molar-refractivity contribution in [3.8, 4) is 11.4 Å². The van der Waals surface area contributed by atoms with E-state index in [0.717, 1.165) is 0 Å². The molecule has 0 saturated heterocycles. The van der Waals surface area contributed by atoms with Crippen LogP contribution >= 0.6 is 11.6 Å². The van der Waals surface area contributed by atoms with Crippen LogP contribution in [0.4, 0.5) is 10.3 Å². The van der Waals surface area contributed by atoms with Crippen molar-refractivity contribution >= 4 is 40.0 Å². The van der Waals surface area contributed by atoms with E-state index >= 15 is 0 Å². The van der Waals surface area contributed by atoms with Crippen molar-refractivity contribution in [3.63, 3.8) is 0 Å². The summed E-state index contributed by atoms with van der Waals surface area (Å²) in [5, 5.41) is 14.1. The molecule has 0 unspecified atom stereocenters. The maximum atomic E-state index is 13.3. The number of halogens is 2. The summed E-state index contributed by atoms with van der Waals surface area (Å²) in [6, 6.07) is 11.2. The maximum absolute atomic E-state index is 13.3. The van der Waals surface area contributed by atoms with E-state index in [9.17, 15) is 9.18 Å². The summed E-state index contributed by atoms with van der Waals surface area (Å²) in [7, 11) is 0. The third-order valence-corrected chi connectivity index (χ3v) is 4.77. The number of rotatable bonds is 3. The van der Waals surface area contributed by atoms with Gasteiger partial charge in [0.2, 0.25) is 5.95 Å². The lowest BCUT2D eigenvalue weighted by atomic mass is 10.2. The zero-order chi connectivity index (χ0) is 20.7. The van der Waals surface area contributed by atoms with Gasteiger partial charge in [-0.1, -0.05) is 17.7 Å². The minimum atomic E-state index is -0.357. The highest BCUT2D eigenvalue weighted by Gasteiger charge is 2.19. The molecule has 1 aliphatic heterocycles. The molecule has 0 aliphatic carbocycles. The van der Waals surface area contributed by atoms with Crippen LogP contribution in [0.3, 0.4) is 0 Å². The van der Waals surface area contributed by atoms with Crippen LogP contribution in [0.1, 0.15) is 0 Å². The van der Waals surface area contributed by atoms with Gasteiger partial charge in [0.25, 0.3) is 5.91 Å². The van der Waals surface area contributed by atoms with Gasteiger partial charge in [0.15, 0.2) is 11.5 Å². The molecule has 148 valence electrons. The van der Waals surface area contributed by atoms with Gasteiger partial charge >= 0.3 is 0 Å². The first-order valence-corrected chi connectivity index (χ1v) is 9.28. The van der Waals surface area contributed by atoms with Crippen LogP contribution in [0.25, 0.3) is 27.9 Å². The summed E-state index contributed by atoms with van der Waals surface area (Å²) in [5.74, 6) is -0.0801. The number of aromatic nitrogens is 4. The molecule has 10 heteroatoms. The van der Waals surface area contributed by atoms with Crippen LogP contribution in [0.5, 0.6) is 0 Å². The van der Waals surface area contributed by atoms with Crippen molar-refractivity contribution < 1.29 is 9.18 Å². The first kappa shape index (κ1) is 18.1. The number of fused-ring (bicyclic) bond motifs is 3. The second-order valence-corrected chi connectivity index (χ2v) is 6.81. The molecule has 2 aromatic heterocycles. The van der Waals surface area contributed by atoms with E-state index < -0.39 is 0 Å². The Labute approximate surface area is 174 Å². The van der Waals surface area contributed by atoms with Crippen molar-refractivity contribution in [3.05, 3.63) is 77.6 Å². The Kier molecular flexibility index (Phi) is 4.29. The molecule has 0 radical (unpaired) electrons. The highest BCUT2D eigenvalue weighted by molar-refractivity contribution is 6.35. The second-order valence-electron chi connectivity index (χ2n) is 6.41. The lowest BCUT2D eigenvalue weighted by Crippen LogP contribution is -2.24. The van der Waals surface area contributed by atoms with E-state index in [-0.39, 0.29) is 23.4 Å². The van der Waals surface area contributed by atoms with Crippen LogP contribution in [0.2, 0.25) is 5.02 Å². The Balaban J connectivity index is 1.72. The number of nitrogens with one attached hydrogen (secondary N) is 3. The summed E-state index contributed by atoms with van der Waals surface area (Å²) in [6.07, 6.45) is 4.56. The molecule has 4 aromatic rings. The molecule has 0 saturated carbocycles. The molecule has 0 bridgehead atoms. The minimum Gasteiger partial charge on any atom is -0.364 e. The van der Waals surface area contributed by atoms with Crippen LogP contribution in [-0.2, 0) is 4.79 Å². The minimum absolute atomic E-state index is 0.221. The van der Waals surface area contributed by atoms with E-state index in [4.69, 9.17) is 11.6 Å². The van der Waals surface area contributed by atoms with Gasteiger partial charge < -0.3 is 16.0 Å². The average molecular weight is 422 g/mol. The Hall–Kier alpha value is -3.98. The third-order valence-electron chi connectivity index (χ3n) is 4.47. The molecular formula is C20H13ClFN7O. The highest BCUT2D eigenvalue weighted by atomic mass is 35.5. The number of amides is 1. The number of para-hydroxylation sites is 1. The van der Waals surface area contributed by atoms with Gasteiger partial charge in [0.1, 0.15) is 11.5 Å². The Morgan fingerprint density at radius 2 is 1.90 bits per heavy atom. The number of hydrogen-bond donors (Lipinski definition) is 3. The average Bonchev–Trinajstić information content (AvgIpc) is 3.10. The number of hydrogen-bond acceptors (Lipinski definition) is 6. The van der Waals surface area contributed by atoms with Gasteiger partial charge in [-0.15, -0.1) is 5.10 Å².